The Morgan fingerprint density at radius 2 is 2.11 bits per heavy atom. The lowest BCUT2D eigenvalue weighted by atomic mass is 10.0. The number of methoxy groups -OCH3 is 1. The van der Waals surface area contributed by atoms with Crippen molar-refractivity contribution < 1.29 is 14.7 Å². The number of nitrogens with one attached hydrogen (secondary N) is 3. The Morgan fingerprint density at radius 3 is 2.86 bits per heavy atom. The number of aryl methyl sites for hydroxylation is 1. The molecule has 0 saturated heterocycles. The molecule has 0 saturated carbocycles. The predicted molar refractivity (Wildman–Crippen MR) is 146 cm³/mol. The summed E-state index contributed by atoms with van der Waals surface area (Å²) in [6, 6.07) is 14.5. The van der Waals surface area contributed by atoms with Gasteiger partial charge in [-0.05, 0) is 65.8 Å². The fourth-order valence-corrected chi connectivity index (χ4v) is 5.53. The monoisotopic (exact) mass is 538 g/mol. The molecular weight excluding hydrogens is 511 g/mol. The number of rotatable bonds is 9. The minimum absolute atomic E-state index is 0.236. The lowest BCUT2D eigenvalue weighted by molar-refractivity contribution is -0.124. The average molecular weight is 539 g/mol. The van der Waals surface area contributed by atoms with Crippen LogP contribution in [0.15, 0.2) is 54.7 Å². The quantitative estimate of drug-likeness (QED) is 0.118. The molecule has 9 heteroatoms. The number of carbonyl (C=O) groups is 1. The van der Waals surface area contributed by atoms with Gasteiger partial charge in [0.15, 0.2) is 0 Å². The zero-order valence-corrected chi connectivity index (χ0v) is 21.9. The summed E-state index contributed by atoms with van der Waals surface area (Å²) >= 11 is 12.4. The Kier molecular flexibility index (Phi) is 7.58. The summed E-state index contributed by atoms with van der Waals surface area (Å²) in [5, 5.41) is 10.9. The largest absolute Gasteiger partial charge is 0.497 e. The second kappa shape index (κ2) is 11.0. The molecule has 4 aromatic rings. The highest BCUT2D eigenvalue weighted by Gasteiger charge is 2.28. The van der Waals surface area contributed by atoms with Crippen molar-refractivity contribution >= 4 is 46.1 Å². The number of hydrogen-bond acceptors (Lipinski definition) is 4. The number of hydroxylamine groups is 1. The first kappa shape index (κ1) is 25.4. The van der Waals surface area contributed by atoms with Crippen molar-refractivity contribution in [2.45, 2.75) is 31.8 Å². The third kappa shape index (κ3) is 5.55. The summed E-state index contributed by atoms with van der Waals surface area (Å²) in [6.07, 6.45) is 7.91. The first-order valence-electron chi connectivity index (χ1n) is 12.1. The van der Waals surface area contributed by atoms with E-state index in [1.54, 1.807) is 18.7 Å². The molecule has 0 radical (unpaired) electrons. The van der Waals surface area contributed by atoms with Crippen molar-refractivity contribution in [3.63, 3.8) is 0 Å². The third-order valence-corrected chi connectivity index (χ3v) is 7.68. The van der Waals surface area contributed by atoms with Gasteiger partial charge in [0.1, 0.15) is 10.9 Å². The molecule has 4 N–H and O–H groups in total. The van der Waals surface area contributed by atoms with E-state index in [1.165, 1.54) is 28.2 Å². The van der Waals surface area contributed by atoms with Crippen LogP contribution < -0.4 is 10.2 Å². The van der Waals surface area contributed by atoms with Crippen LogP contribution in [-0.2, 0) is 24.2 Å². The number of ether oxygens (including phenoxy) is 1. The molecule has 37 heavy (non-hydrogen) atoms. The van der Waals surface area contributed by atoms with E-state index in [4.69, 9.17) is 33.1 Å². The van der Waals surface area contributed by atoms with Gasteiger partial charge in [0.2, 0.25) is 0 Å². The number of carbonyl (C=O) groups excluding carboxylic acids is 1. The molecule has 2 aromatic heterocycles. The Balaban J connectivity index is 1.39. The van der Waals surface area contributed by atoms with Gasteiger partial charge < -0.3 is 14.7 Å². The zero-order valence-electron chi connectivity index (χ0n) is 20.4. The molecule has 1 aliphatic carbocycles. The maximum Gasteiger partial charge on any atom is 0.267 e. The second-order valence-corrected chi connectivity index (χ2v) is 10.0. The van der Waals surface area contributed by atoms with Gasteiger partial charge in [-0.1, -0.05) is 41.4 Å². The van der Waals surface area contributed by atoms with Crippen LogP contribution in [0, 0.1) is 0 Å². The van der Waals surface area contributed by atoms with Crippen LogP contribution in [-0.4, -0.2) is 39.6 Å². The molecule has 0 spiro atoms. The lowest BCUT2D eigenvalue weighted by Gasteiger charge is -2.29. The molecule has 5 rings (SSSR count). The van der Waals surface area contributed by atoms with Gasteiger partial charge in [-0.25, -0.2) is 5.48 Å². The van der Waals surface area contributed by atoms with Crippen LogP contribution in [0.3, 0.4) is 0 Å². The van der Waals surface area contributed by atoms with E-state index in [1.807, 2.05) is 24.3 Å². The van der Waals surface area contributed by atoms with Crippen molar-refractivity contribution in [2.75, 3.05) is 13.7 Å². The van der Waals surface area contributed by atoms with Gasteiger partial charge >= 0.3 is 0 Å². The maximum atomic E-state index is 11.4. The number of fused-ring (bicyclic) bond motifs is 2. The summed E-state index contributed by atoms with van der Waals surface area (Å²) in [5.74, 6) is 0.278. The fraction of sp³-hybridized carbons (Fsp3) is 0.250. The molecule has 0 aliphatic heterocycles. The fourth-order valence-electron chi connectivity index (χ4n) is 5.17. The van der Waals surface area contributed by atoms with Crippen LogP contribution in [0.2, 0.25) is 10.2 Å². The highest BCUT2D eigenvalue weighted by molar-refractivity contribution is 6.41. The molecule has 2 heterocycles. The smallest absolute Gasteiger partial charge is 0.267 e. The van der Waals surface area contributed by atoms with Crippen molar-refractivity contribution in [2.24, 2.45) is 0 Å². The van der Waals surface area contributed by atoms with Gasteiger partial charge in [-0.15, -0.1) is 0 Å². The molecule has 1 atom stereocenters. The Hall–Kier alpha value is -3.23. The highest BCUT2D eigenvalue weighted by Crippen LogP contribution is 2.38. The summed E-state index contributed by atoms with van der Waals surface area (Å²) < 4.78 is 5.36. The first-order chi connectivity index (χ1) is 17.9. The topological polar surface area (TPSA) is 93.4 Å². The number of H-pyrrole nitrogens is 2. The minimum atomic E-state index is -0.552. The molecule has 0 bridgehead atoms. The zero-order chi connectivity index (χ0) is 25.9. The Bertz CT molecular complexity index is 1440. The van der Waals surface area contributed by atoms with Crippen LogP contribution in [0.5, 0.6) is 5.75 Å². The number of aromatic nitrogens is 2. The Morgan fingerprint density at radius 1 is 1.24 bits per heavy atom. The number of halogens is 2. The first-order valence-corrected chi connectivity index (χ1v) is 12.9. The van der Waals surface area contributed by atoms with Crippen molar-refractivity contribution in [3.05, 3.63) is 92.9 Å². The van der Waals surface area contributed by atoms with Crippen LogP contribution >= 0.6 is 23.2 Å². The van der Waals surface area contributed by atoms with Crippen molar-refractivity contribution in [1.29, 1.82) is 0 Å². The molecule has 1 unspecified atom stereocenters. The van der Waals surface area contributed by atoms with Crippen molar-refractivity contribution in [3.8, 4) is 5.75 Å². The lowest BCUT2D eigenvalue weighted by Crippen LogP contribution is -2.29. The highest BCUT2D eigenvalue weighted by atomic mass is 35.5. The number of nitrogens with zero attached hydrogens (tertiary/aromatic N) is 1. The molecule has 2 aromatic carbocycles. The number of aromatic amines is 2. The van der Waals surface area contributed by atoms with E-state index >= 15 is 0 Å². The number of benzene rings is 2. The van der Waals surface area contributed by atoms with Crippen LogP contribution in [0.4, 0.5) is 0 Å². The van der Waals surface area contributed by atoms with Crippen LogP contribution in [0.25, 0.3) is 17.0 Å². The molecule has 1 aliphatic rings. The van der Waals surface area contributed by atoms with E-state index < -0.39 is 5.91 Å². The minimum Gasteiger partial charge on any atom is -0.497 e. The predicted octanol–water partition coefficient (Wildman–Crippen LogP) is 6.06. The maximum absolute atomic E-state index is 11.4. The molecule has 7 nitrogen and oxygen atoms in total. The van der Waals surface area contributed by atoms with E-state index in [0.29, 0.717) is 16.7 Å². The summed E-state index contributed by atoms with van der Waals surface area (Å²) in [4.78, 5) is 20.4. The second-order valence-electron chi connectivity index (χ2n) is 9.22. The number of hydrogen-bond donors (Lipinski definition) is 4. The van der Waals surface area contributed by atoms with E-state index in [-0.39, 0.29) is 6.04 Å². The van der Waals surface area contributed by atoms with E-state index in [0.717, 1.165) is 48.3 Å². The summed E-state index contributed by atoms with van der Waals surface area (Å²) in [7, 11) is 1.67. The molecule has 0 fully saturated rings. The van der Waals surface area contributed by atoms with Crippen molar-refractivity contribution in [1.82, 2.24) is 20.3 Å². The van der Waals surface area contributed by atoms with Gasteiger partial charge in [0.05, 0.1) is 12.1 Å². The normalized spacial score (nSPS) is 15.1. The van der Waals surface area contributed by atoms with Gasteiger partial charge in [-0.3, -0.25) is 14.9 Å². The molecule has 1 amide bonds. The van der Waals surface area contributed by atoms with E-state index in [9.17, 15) is 4.79 Å². The molecular formula is C28H28Cl2N4O3. The van der Waals surface area contributed by atoms with Gasteiger partial charge in [-0.2, -0.15) is 0 Å². The average Bonchev–Trinajstić information content (AvgIpc) is 3.60. The van der Waals surface area contributed by atoms with Gasteiger partial charge in [0, 0.05) is 54.1 Å². The molecule has 192 valence electrons. The van der Waals surface area contributed by atoms with Crippen LogP contribution in [0.1, 0.15) is 40.4 Å². The standard InChI is InChI=1S/C28H28Cl2N4O3/c1-37-21-5-7-22-19(15-31-25(22)14-21)10-11-34(16-20-13-24(29)28(30)32-20)26-8-4-18-12-17(2-6-23(18)26)3-9-27(35)33-36/h2-3,5-7,9,12-15,26,31-32,36H,4,8,10-11,16H2,1H3,(H,33,35). The third-order valence-electron chi connectivity index (χ3n) is 6.99. The SMILES string of the molecule is COc1ccc2c(CCN(Cc3cc(Cl)c(Cl)[nH]3)C3CCc4cc(C=CC(=O)NO)ccc43)c[nH]c2c1. The number of amides is 1. The Labute approximate surface area is 225 Å². The summed E-state index contributed by atoms with van der Waals surface area (Å²) in [5.41, 5.74) is 8.39. The van der Waals surface area contributed by atoms with Gasteiger partial charge in [0.25, 0.3) is 5.91 Å². The summed E-state index contributed by atoms with van der Waals surface area (Å²) in [6.45, 7) is 1.53. The van der Waals surface area contributed by atoms with E-state index in [2.05, 4.69) is 39.3 Å².